The van der Waals surface area contributed by atoms with Crippen molar-refractivity contribution in [2.24, 2.45) is 44.9 Å². The molecule has 2 spiro atoms. The molecule has 5 aliphatic rings. The van der Waals surface area contributed by atoms with Gasteiger partial charge in [-0.2, -0.15) is 10.3 Å². The van der Waals surface area contributed by atoms with Crippen molar-refractivity contribution in [3.05, 3.63) is 0 Å². The summed E-state index contributed by atoms with van der Waals surface area (Å²) < 4.78 is 0. The van der Waals surface area contributed by atoms with Gasteiger partial charge in [-0.1, -0.05) is 19.8 Å². The minimum atomic E-state index is 0.427. The van der Waals surface area contributed by atoms with Crippen molar-refractivity contribution in [2.45, 2.75) is 78.1 Å². The summed E-state index contributed by atoms with van der Waals surface area (Å²) in [7, 11) is 0. The van der Waals surface area contributed by atoms with Crippen LogP contribution in [-0.4, -0.2) is 5.71 Å². The van der Waals surface area contributed by atoms with Gasteiger partial charge in [0.2, 0.25) is 6.19 Å². The van der Waals surface area contributed by atoms with E-state index >= 15 is 0 Å². The molecule has 0 N–H and O–H groups in total. The number of hydrogen-bond donors (Lipinski definition) is 0. The highest BCUT2D eigenvalue weighted by Gasteiger charge is 2.85. The molecule has 0 radical (unpaired) electrons. The third kappa shape index (κ3) is 1.41. The number of nitriles is 1. The van der Waals surface area contributed by atoms with Crippen LogP contribution in [0.25, 0.3) is 0 Å². The van der Waals surface area contributed by atoms with Gasteiger partial charge in [0.05, 0.1) is 0 Å². The van der Waals surface area contributed by atoms with Gasteiger partial charge in [-0.3, -0.25) is 0 Å². The zero-order chi connectivity index (χ0) is 15.9. The molecule has 0 aromatic rings. The maximum absolute atomic E-state index is 9.00. The number of fused-ring (bicyclic) bond motifs is 1. The fraction of sp³-hybridized carbons (Fsp3) is 0.905. The van der Waals surface area contributed by atoms with E-state index in [0.29, 0.717) is 16.7 Å². The van der Waals surface area contributed by atoms with Gasteiger partial charge in [-0.05, 0) is 92.3 Å². The van der Waals surface area contributed by atoms with E-state index in [1.54, 1.807) is 6.42 Å². The van der Waals surface area contributed by atoms with Crippen LogP contribution in [0.2, 0.25) is 0 Å². The first kappa shape index (κ1) is 14.5. The highest BCUT2D eigenvalue weighted by Crippen LogP contribution is 2.91. The highest BCUT2D eigenvalue weighted by molar-refractivity contribution is 5.86. The minimum Gasteiger partial charge on any atom is -0.183 e. The highest BCUT2D eigenvalue weighted by atomic mass is 14.9. The smallest absolute Gasteiger partial charge is 0.183 e. The zero-order valence-electron chi connectivity index (χ0n) is 14.8. The van der Waals surface area contributed by atoms with Crippen molar-refractivity contribution in [3.8, 4) is 6.19 Å². The van der Waals surface area contributed by atoms with Gasteiger partial charge < -0.3 is 0 Å². The Morgan fingerprint density at radius 2 is 1.83 bits per heavy atom. The molecule has 5 saturated carbocycles. The van der Waals surface area contributed by atoms with Crippen LogP contribution in [0.1, 0.15) is 78.1 Å². The predicted molar refractivity (Wildman–Crippen MR) is 91.8 cm³/mol. The average Bonchev–Trinajstić information content (AvgIpc) is 2.84. The normalized spacial score (nSPS) is 57.0. The number of rotatable bonds is 1. The Morgan fingerprint density at radius 1 is 0.957 bits per heavy atom. The monoisotopic (exact) mass is 310 g/mol. The molecule has 0 aromatic heterocycles. The summed E-state index contributed by atoms with van der Waals surface area (Å²) in [4.78, 5) is 4.17. The van der Waals surface area contributed by atoms with E-state index < -0.39 is 0 Å². The summed E-state index contributed by atoms with van der Waals surface area (Å²) in [5.74, 6) is 3.63. The molecule has 2 heteroatoms. The predicted octanol–water partition coefficient (Wildman–Crippen LogP) is 5.34. The third-order valence-corrected chi connectivity index (χ3v) is 9.72. The van der Waals surface area contributed by atoms with Crippen molar-refractivity contribution >= 4 is 5.71 Å². The summed E-state index contributed by atoms with van der Waals surface area (Å²) in [6, 6.07) is 0. The maximum Gasteiger partial charge on any atom is 0.205 e. The molecule has 0 saturated heterocycles. The second kappa shape index (κ2) is 4.41. The molecule has 124 valence electrons. The first-order chi connectivity index (χ1) is 11.1. The van der Waals surface area contributed by atoms with Gasteiger partial charge in [-0.25, -0.2) is 0 Å². The molecule has 7 atom stereocenters. The zero-order valence-corrected chi connectivity index (χ0v) is 14.8. The van der Waals surface area contributed by atoms with Crippen LogP contribution in [0, 0.1) is 51.4 Å². The number of aliphatic imine (C=N–C) groups is 1. The molecule has 0 amide bonds. The fourth-order valence-electron chi connectivity index (χ4n) is 9.29. The second-order valence-corrected chi connectivity index (χ2v) is 9.69. The topological polar surface area (TPSA) is 36.1 Å². The Labute approximate surface area is 140 Å². The Morgan fingerprint density at radius 3 is 2.65 bits per heavy atom. The summed E-state index contributed by atoms with van der Waals surface area (Å²) >= 11 is 0. The van der Waals surface area contributed by atoms with Crippen molar-refractivity contribution in [1.82, 2.24) is 0 Å². The lowest BCUT2D eigenvalue weighted by Crippen LogP contribution is -2.40. The lowest BCUT2D eigenvalue weighted by Gasteiger charge is -2.45. The van der Waals surface area contributed by atoms with Crippen molar-refractivity contribution < 1.29 is 0 Å². The molecule has 0 aromatic carbocycles. The second-order valence-electron chi connectivity index (χ2n) is 9.69. The minimum absolute atomic E-state index is 0.427. The van der Waals surface area contributed by atoms with E-state index in [2.05, 4.69) is 25.0 Å². The van der Waals surface area contributed by atoms with E-state index in [0.717, 1.165) is 28.9 Å². The quantitative estimate of drug-likeness (QED) is 0.475. The number of hydrogen-bond acceptors (Lipinski definition) is 2. The van der Waals surface area contributed by atoms with Crippen LogP contribution >= 0.6 is 0 Å². The van der Waals surface area contributed by atoms with Gasteiger partial charge >= 0.3 is 0 Å². The lowest BCUT2D eigenvalue weighted by molar-refractivity contribution is 0.0512. The Bertz CT molecular complexity index is 616. The van der Waals surface area contributed by atoms with Gasteiger partial charge in [0, 0.05) is 11.6 Å². The van der Waals surface area contributed by atoms with Crippen LogP contribution in [-0.2, 0) is 0 Å². The van der Waals surface area contributed by atoms with Gasteiger partial charge in [-0.15, -0.1) is 0 Å². The molecule has 5 rings (SSSR count). The standard InChI is InChI=1S/C21H30N2/c1-14(23-13-22)16-6-7-17-19(16,2)11-9-18-20-10-4-3-5-15(20)8-12-21(17,18)20/h15-18H,3-12H2,1-2H3/b23-14-. The molecule has 0 aliphatic heterocycles. The van der Waals surface area contributed by atoms with Gasteiger partial charge in [0.15, 0.2) is 0 Å². The van der Waals surface area contributed by atoms with E-state index in [9.17, 15) is 0 Å². The molecule has 5 aliphatic carbocycles. The summed E-state index contributed by atoms with van der Waals surface area (Å²) in [5, 5.41) is 9.00. The Kier molecular flexibility index (Phi) is 2.78. The first-order valence-electron chi connectivity index (χ1n) is 10.0. The van der Waals surface area contributed by atoms with E-state index in [1.807, 2.05) is 0 Å². The van der Waals surface area contributed by atoms with Crippen LogP contribution in [0.3, 0.4) is 0 Å². The van der Waals surface area contributed by atoms with E-state index in [4.69, 9.17) is 5.26 Å². The molecular formula is C21H30N2. The van der Waals surface area contributed by atoms with E-state index in [-0.39, 0.29) is 0 Å². The summed E-state index contributed by atoms with van der Waals surface area (Å²) in [6.07, 6.45) is 16.7. The van der Waals surface area contributed by atoms with Crippen molar-refractivity contribution in [2.75, 3.05) is 0 Å². The molecule has 0 bridgehead atoms. The summed E-state index contributed by atoms with van der Waals surface area (Å²) in [6.45, 7) is 4.69. The molecule has 2 nitrogen and oxygen atoms in total. The molecule has 23 heavy (non-hydrogen) atoms. The Hall–Kier alpha value is -0.840. The number of nitrogens with zero attached hydrogens (tertiary/aromatic N) is 2. The largest absolute Gasteiger partial charge is 0.205 e. The van der Waals surface area contributed by atoms with Crippen molar-refractivity contribution in [3.63, 3.8) is 0 Å². The molecule has 7 unspecified atom stereocenters. The van der Waals surface area contributed by atoms with Crippen molar-refractivity contribution in [1.29, 1.82) is 5.26 Å². The SMILES string of the molecule is C/C(=N/C#N)C1CCC2C1(C)CCC1C34CCCCC3CCC214. The molecular weight excluding hydrogens is 280 g/mol. The van der Waals surface area contributed by atoms with E-state index in [1.165, 1.54) is 57.8 Å². The maximum atomic E-state index is 9.00. The lowest BCUT2D eigenvalue weighted by atomic mass is 9.59. The van der Waals surface area contributed by atoms with Gasteiger partial charge in [0.25, 0.3) is 0 Å². The summed E-state index contributed by atoms with van der Waals surface area (Å²) in [5.41, 5.74) is 3.03. The van der Waals surface area contributed by atoms with Crippen LogP contribution in [0.5, 0.6) is 0 Å². The third-order valence-electron chi connectivity index (χ3n) is 9.72. The van der Waals surface area contributed by atoms with Crippen LogP contribution < -0.4 is 0 Å². The average molecular weight is 310 g/mol. The van der Waals surface area contributed by atoms with Crippen LogP contribution in [0.4, 0.5) is 0 Å². The first-order valence-corrected chi connectivity index (χ1v) is 10.0. The van der Waals surface area contributed by atoms with Gasteiger partial charge in [0.1, 0.15) is 0 Å². The molecule has 0 heterocycles. The fourth-order valence-corrected chi connectivity index (χ4v) is 9.29. The van der Waals surface area contributed by atoms with Crippen LogP contribution in [0.15, 0.2) is 4.99 Å². The molecule has 5 fully saturated rings. The Balaban J connectivity index is 1.54.